The normalized spacial score (nSPS) is 12.0. The number of methoxy groups -OCH3 is 1. The zero-order valence-corrected chi connectivity index (χ0v) is 18.0. The lowest BCUT2D eigenvalue weighted by Gasteiger charge is -2.16. The quantitative estimate of drug-likeness (QED) is 0.493. The van der Waals surface area contributed by atoms with Gasteiger partial charge in [0, 0.05) is 6.54 Å². The minimum Gasteiger partial charge on any atom is -0.497 e. The highest BCUT2D eigenvalue weighted by molar-refractivity contribution is 5.98. The van der Waals surface area contributed by atoms with Gasteiger partial charge in [0.2, 0.25) is 0 Å². The maximum absolute atomic E-state index is 12.8. The van der Waals surface area contributed by atoms with Crippen LogP contribution in [0.15, 0.2) is 72.8 Å². The van der Waals surface area contributed by atoms with Crippen molar-refractivity contribution in [2.75, 3.05) is 7.11 Å². The molecule has 0 saturated carbocycles. The molecular formula is C25H22F3NO4. The number of ether oxygens (including phenoxy) is 2. The molecule has 0 saturated heterocycles. The van der Waals surface area contributed by atoms with Gasteiger partial charge in [0.25, 0.3) is 5.91 Å². The molecule has 0 aliphatic carbocycles. The summed E-state index contributed by atoms with van der Waals surface area (Å²) in [5.41, 5.74) is 1.03. The van der Waals surface area contributed by atoms with E-state index in [1.165, 1.54) is 25.1 Å². The van der Waals surface area contributed by atoms with Crippen molar-refractivity contribution in [3.63, 3.8) is 0 Å². The molecule has 1 amide bonds. The molecule has 0 fully saturated rings. The molecule has 1 atom stereocenters. The molecule has 0 spiro atoms. The highest BCUT2D eigenvalue weighted by Crippen LogP contribution is 2.32. The molecule has 8 heteroatoms. The van der Waals surface area contributed by atoms with Crippen molar-refractivity contribution in [1.82, 2.24) is 5.32 Å². The Morgan fingerprint density at radius 2 is 1.58 bits per heavy atom. The van der Waals surface area contributed by atoms with E-state index >= 15 is 0 Å². The molecule has 0 unspecified atom stereocenters. The summed E-state index contributed by atoms with van der Waals surface area (Å²) < 4.78 is 48.9. The maximum atomic E-state index is 12.8. The Bertz CT molecular complexity index is 1110. The highest BCUT2D eigenvalue weighted by atomic mass is 19.4. The summed E-state index contributed by atoms with van der Waals surface area (Å²) in [4.78, 5) is 25.1. The van der Waals surface area contributed by atoms with Gasteiger partial charge in [0.05, 0.1) is 18.2 Å². The lowest BCUT2D eigenvalue weighted by atomic mass is 9.98. The Hall–Kier alpha value is -3.81. The number of hydrogen-bond donors (Lipinski definition) is 1. The first-order chi connectivity index (χ1) is 15.7. The zero-order valence-electron chi connectivity index (χ0n) is 18.0. The number of rotatable bonds is 7. The number of nitrogens with one attached hydrogen (secondary N) is 1. The second-order valence-corrected chi connectivity index (χ2v) is 7.23. The Morgan fingerprint density at radius 3 is 2.18 bits per heavy atom. The van der Waals surface area contributed by atoms with Crippen molar-refractivity contribution in [3.8, 4) is 16.9 Å². The number of esters is 1. The molecule has 0 aromatic heterocycles. The average molecular weight is 457 g/mol. The summed E-state index contributed by atoms with van der Waals surface area (Å²) in [6, 6.07) is 18.0. The Balaban J connectivity index is 1.66. The predicted molar refractivity (Wildman–Crippen MR) is 117 cm³/mol. The van der Waals surface area contributed by atoms with Crippen molar-refractivity contribution in [2.24, 2.45) is 0 Å². The van der Waals surface area contributed by atoms with Crippen LogP contribution in [0.5, 0.6) is 5.75 Å². The molecule has 0 aliphatic rings. The predicted octanol–water partition coefficient (Wildman–Crippen LogP) is 5.24. The molecular weight excluding hydrogens is 435 g/mol. The van der Waals surface area contributed by atoms with Gasteiger partial charge in [0.15, 0.2) is 6.10 Å². The number of carbonyl (C=O) groups excluding carboxylic acids is 2. The minimum atomic E-state index is -4.45. The highest BCUT2D eigenvalue weighted by Gasteiger charge is 2.30. The Labute approximate surface area is 189 Å². The van der Waals surface area contributed by atoms with Crippen LogP contribution in [-0.4, -0.2) is 25.1 Å². The van der Waals surface area contributed by atoms with Gasteiger partial charge in [-0.3, -0.25) is 4.79 Å². The molecule has 1 N–H and O–H groups in total. The minimum absolute atomic E-state index is 0.145. The van der Waals surface area contributed by atoms with Gasteiger partial charge in [0.1, 0.15) is 5.75 Å². The topological polar surface area (TPSA) is 64.6 Å². The average Bonchev–Trinajstić information content (AvgIpc) is 2.82. The molecule has 3 rings (SSSR count). The number of carbonyl (C=O) groups is 2. The van der Waals surface area contributed by atoms with E-state index in [2.05, 4.69) is 5.32 Å². The zero-order chi connectivity index (χ0) is 24.0. The smallest absolute Gasteiger partial charge is 0.416 e. The van der Waals surface area contributed by atoms with Crippen LogP contribution in [0.1, 0.15) is 28.4 Å². The van der Waals surface area contributed by atoms with Crippen LogP contribution in [0, 0.1) is 0 Å². The molecule has 33 heavy (non-hydrogen) atoms. The third-order valence-corrected chi connectivity index (χ3v) is 4.95. The summed E-state index contributed by atoms with van der Waals surface area (Å²) >= 11 is 0. The Kier molecular flexibility index (Phi) is 7.37. The van der Waals surface area contributed by atoms with E-state index < -0.39 is 29.7 Å². The molecule has 3 aromatic carbocycles. The van der Waals surface area contributed by atoms with Crippen LogP contribution in [0.2, 0.25) is 0 Å². The lowest BCUT2D eigenvalue weighted by molar-refractivity contribution is -0.137. The van der Waals surface area contributed by atoms with Crippen LogP contribution < -0.4 is 10.1 Å². The van der Waals surface area contributed by atoms with E-state index in [0.29, 0.717) is 16.9 Å². The first-order valence-electron chi connectivity index (χ1n) is 10.1. The van der Waals surface area contributed by atoms with Crippen LogP contribution in [0.25, 0.3) is 11.1 Å². The van der Waals surface area contributed by atoms with Gasteiger partial charge in [-0.15, -0.1) is 0 Å². The SMILES string of the molecule is COc1ccc(CNC(=O)[C@@H](C)OC(=O)c2ccccc2-c2ccc(C(F)(F)F)cc2)cc1. The molecule has 0 aliphatic heterocycles. The first kappa shape index (κ1) is 23.8. The van der Waals surface area contributed by atoms with Crippen LogP contribution in [0.4, 0.5) is 13.2 Å². The molecule has 172 valence electrons. The van der Waals surface area contributed by atoms with E-state index in [-0.39, 0.29) is 12.1 Å². The fourth-order valence-electron chi connectivity index (χ4n) is 3.11. The lowest BCUT2D eigenvalue weighted by Crippen LogP contribution is -2.35. The summed E-state index contributed by atoms with van der Waals surface area (Å²) in [6.45, 7) is 1.69. The number of hydrogen-bond acceptors (Lipinski definition) is 4. The summed E-state index contributed by atoms with van der Waals surface area (Å²) in [7, 11) is 1.56. The van der Waals surface area contributed by atoms with Gasteiger partial charge in [-0.25, -0.2) is 4.79 Å². The first-order valence-corrected chi connectivity index (χ1v) is 10.1. The molecule has 3 aromatic rings. The number of halogens is 3. The standard InChI is InChI=1S/C25H22F3NO4/c1-16(23(30)29-15-17-7-13-20(32-2)14-8-17)33-24(31)22-6-4-3-5-21(22)18-9-11-19(12-10-18)25(26,27)28/h3-14,16H,15H2,1-2H3,(H,29,30)/t16-/m1/s1. The second-order valence-electron chi connectivity index (χ2n) is 7.23. The van der Waals surface area contributed by atoms with Gasteiger partial charge < -0.3 is 14.8 Å². The van der Waals surface area contributed by atoms with Crippen molar-refractivity contribution in [3.05, 3.63) is 89.5 Å². The van der Waals surface area contributed by atoms with Crippen LogP contribution in [0.3, 0.4) is 0 Å². The largest absolute Gasteiger partial charge is 0.497 e. The molecule has 0 bridgehead atoms. The number of benzene rings is 3. The molecule has 5 nitrogen and oxygen atoms in total. The van der Waals surface area contributed by atoms with Crippen molar-refractivity contribution < 1.29 is 32.2 Å². The summed E-state index contributed by atoms with van der Waals surface area (Å²) in [5, 5.41) is 2.70. The number of amides is 1. The van der Waals surface area contributed by atoms with Crippen molar-refractivity contribution in [2.45, 2.75) is 25.7 Å². The van der Waals surface area contributed by atoms with Crippen LogP contribution >= 0.6 is 0 Å². The van der Waals surface area contributed by atoms with E-state index in [4.69, 9.17) is 9.47 Å². The van der Waals surface area contributed by atoms with Crippen LogP contribution in [-0.2, 0) is 22.3 Å². The third-order valence-electron chi connectivity index (χ3n) is 4.95. The summed E-state index contributed by atoms with van der Waals surface area (Å²) in [5.74, 6) is -0.539. The van der Waals surface area contributed by atoms with E-state index in [0.717, 1.165) is 17.7 Å². The van der Waals surface area contributed by atoms with Gasteiger partial charge in [-0.1, -0.05) is 42.5 Å². The number of alkyl halides is 3. The van der Waals surface area contributed by atoms with Gasteiger partial charge in [-0.05, 0) is 53.9 Å². The summed E-state index contributed by atoms with van der Waals surface area (Å²) in [6.07, 6.45) is -5.53. The Morgan fingerprint density at radius 1 is 0.939 bits per heavy atom. The second kappa shape index (κ2) is 10.2. The molecule has 0 heterocycles. The van der Waals surface area contributed by atoms with E-state index in [1.807, 2.05) is 0 Å². The van der Waals surface area contributed by atoms with E-state index in [1.54, 1.807) is 49.6 Å². The fourth-order valence-corrected chi connectivity index (χ4v) is 3.11. The van der Waals surface area contributed by atoms with Gasteiger partial charge in [-0.2, -0.15) is 13.2 Å². The maximum Gasteiger partial charge on any atom is 0.416 e. The van der Waals surface area contributed by atoms with Gasteiger partial charge >= 0.3 is 12.1 Å². The van der Waals surface area contributed by atoms with E-state index in [9.17, 15) is 22.8 Å². The monoisotopic (exact) mass is 457 g/mol. The van der Waals surface area contributed by atoms with Crippen molar-refractivity contribution in [1.29, 1.82) is 0 Å². The molecule has 0 radical (unpaired) electrons. The fraction of sp³-hybridized carbons (Fsp3) is 0.200. The third kappa shape index (κ3) is 6.12. The van der Waals surface area contributed by atoms with Crippen molar-refractivity contribution >= 4 is 11.9 Å².